The Bertz CT molecular complexity index is 587. The number of morpholine rings is 1. The summed E-state index contributed by atoms with van der Waals surface area (Å²) in [6, 6.07) is 0.301. The largest absolute Gasteiger partial charge is 0.370 e. The zero-order valence-electron chi connectivity index (χ0n) is 13.4. The number of sulfone groups is 1. The number of nitrogens with zero attached hydrogens (tertiary/aromatic N) is 1. The monoisotopic (exact) mass is 344 g/mol. The second-order valence-corrected chi connectivity index (χ2v) is 9.21. The molecule has 3 aliphatic rings. The molecule has 1 saturated carbocycles. The minimum atomic E-state index is -3.15. The molecule has 0 aromatic rings. The SMILES string of the molecule is CS(=O)(=O)CCC(=O)N1CC2CC(C(=O)NC3CCC3)C(C1)O2. The number of likely N-dealkylation sites (tertiary alicyclic amines) is 1. The van der Waals surface area contributed by atoms with Gasteiger partial charge in [-0.15, -0.1) is 0 Å². The summed E-state index contributed by atoms with van der Waals surface area (Å²) in [4.78, 5) is 26.2. The summed E-state index contributed by atoms with van der Waals surface area (Å²) in [6.45, 7) is 0.828. The maximum Gasteiger partial charge on any atom is 0.226 e. The van der Waals surface area contributed by atoms with Crippen LogP contribution in [0.4, 0.5) is 0 Å². The first kappa shape index (κ1) is 16.7. The molecule has 2 saturated heterocycles. The molecule has 3 rings (SSSR count). The van der Waals surface area contributed by atoms with E-state index in [1.807, 2.05) is 0 Å². The minimum Gasteiger partial charge on any atom is -0.370 e. The standard InChI is InChI=1S/C15H24N2O5S/c1-23(20,21)6-5-14(18)17-8-11-7-12(13(9-17)22-11)15(19)16-10-3-2-4-10/h10-13H,2-9H2,1H3,(H,16,19). The average molecular weight is 344 g/mol. The van der Waals surface area contributed by atoms with Crippen LogP contribution in [-0.4, -0.2) is 68.5 Å². The number of fused-ring (bicyclic) bond motifs is 2. The molecule has 0 aromatic heterocycles. The van der Waals surface area contributed by atoms with Crippen LogP contribution in [0.3, 0.4) is 0 Å². The lowest BCUT2D eigenvalue weighted by Crippen LogP contribution is -2.49. The summed E-state index contributed by atoms with van der Waals surface area (Å²) < 4.78 is 28.2. The predicted octanol–water partition coefficient (Wildman–Crippen LogP) is -0.294. The van der Waals surface area contributed by atoms with E-state index >= 15 is 0 Å². The maximum absolute atomic E-state index is 12.4. The second-order valence-electron chi connectivity index (χ2n) is 6.95. The van der Waals surface area contributed by atoms with Gasteiger partial charge in [-0.2, -0.15) is 0 Å². The Kier molecular flexibility index (Phi) is 4.64. The van der Waals surface area contributed by atoms with Crippen LogP contribution < -0.4 is 5.32 Å². The Morgan fingerprint density at radius 2 is 2.00 bits per heavy atom. The third-order valence-corrected chi connectivity index (χ3v) is 5.93. The number of carbonyl (C=O) groups is 2. The number of hydrogen-bond donors (Lipinski definition) is 1. The fourth-order valence-corrected chi connectivity index (χ4v) is 3.97. The molecule has 8 heteroatoms. The van der Waals surface area contributed by atoms with Crippen LogP contribution in [0.5, 0.6) is 0 Å². The Hall–Kier alpha value is -1.15. The maximum atomic E-state index is 12.4. The van der Waals surface area contributed by atoms with Crippen LogP contribution in [0.2, 0.25) is 0 Å². The van der Waals surface area contributed by atoms with Gasteiger partial charge in [0.25, 0.3) is 0 Å². The normalized spacial score (nSPS) is 30.8. The van der Waals surface area contributed by atoms with Crippen molar-refractivity contribution in [2.75, 3.05) is 25.1 Å². The van der Waals surface area contributed by atoms with E-state index < -0.39 is 9.84 Å². The van der Waals surface area contributed by atoms with E-state index in [2.05, 4.69) is 5.32 Å². The van der Waals surface area contributed by atoms with E-state index in [0.717, 1.165) is 19.1 Å². The van der Waals surface area contributed by atoms with Crippen LogP contribution >= 0.6 is 0 Å². The highest BCUT2D eigenvalue weighted by atomic mass is 32.2. The molecule has 3 fully saturated rings. The lowest BCUT2D eigenvalue weighted by atomic mass is 9.91. The Labute approximate surface area is 136 Å². The molecule has 2 heterocycles. The molecular formula is C15H24N2O5S. The van der Waals surface area contributed by atoms with Crippen molar-refractivity contribution < 1.29 is 22.7 Å². The summed E-state index contributed by atoms with van der Waals surface area (Å²) in [5, 5.41) is 3.06. The smallest absolute Gasteiger partial charge is 0.226 e. The zero-order valence-corrected chi connectivity index (χ0v) is 14.2. The van der Waals surface area contributed by atoms with Crippen LogP contribution in [0.25, 0.3) is 0 Å². The molecule has 2 bridgehead atoms. The predicted molar refractivity (Wildman–Crippen MR) is 83.5 cm³/mol. The van der Waals surface area contributed by atoms with Gasteiger partial charge in [0.1, 0.15) is 9.84 Å². The Morgan fingerprint density at radius 1 is 1.26 bits per heavy atom. The van der Waals surface area contributed by atoms with Gasteiger partial charge in [-0.1, -0.05) is 0 Å². The van der Waals surface area contributed by atoms with E-state index in [1.165, 1.54) is 6.42 Å². The van der Waals surface area contributed by atoms with Gasteiger partial charge in [0, 0.05) is 31.8 Å². The molecule has 1 N–H and O–H groups in total. The molecule has 2 amide bonds. The van der Waals surface area contributed by atoms with Gasteiger partial charge in [-0.3, -0.25) is 9.59 Å². The van der Waals surface area contributed by atoms with Crippen molar-refractivity contribution in [1.29, 1.82) is 0 Å². The first-order valence-electron chi connectivity index (χ1n) is 8.23. The third-order valence-electron chi connectivity index (χ3n) is 4.98. The Balaban J connectivity index is 1.54. The molecule has 1 aliphatic carbocycles. The van der Waals surface area contributed by atoms with Gasteiger partial charge in [-0.05, 0) is 25.7 Å². The highest BCUT2D eigenvalue weighted by Crippen LogP contribution is 2.33. The second kappa shape index (κ2) is 6.39. The van der Waals surface area contributed by atoms with Crippen LogP contribution in [0, 0.1) is 5.92 Å². The first-order valence-corrected chi connectivity index (χ1v) is 10.3. The number of rotatable bonds is 5. The fourth-order valence-electron chi connectivity index (χ4n) is 3.43. The van der Waals surface area contributed by atoms with Gasteiger partial charge in [0.05, 0.1) is 23.9 Å². The quantitative estimate of drug-likeness (QED) is 0.739. The van der Waals surface area contributed by atoms with E-state index in [9.17, 15) is 18.0 Å². The van der Waals surface area contributed by atoms with Gasteiger partial charge >= 0.3 is 0 Å². The number of amides is 2. The minimum absolute atomic E-state index is 0.00277. The van der Waals surface area contributed by atoms with Crippen molar-refractivity contribution in [3.05, 3.63) is 0 Å². The number of hydrogen-bond acceptors (Lipinski definition) is 5. The van der Waals surface area contributed by atoms with Crippen molar-refractivity contribution in [2.45, 2.75) is 50.4 Å². The summed E-state index contributed by atoms with van der Waals surface area (Å²) in [5.41, 5.74) is 0. The first-order chi connectivity index (χ1) is 10.8. The van der Waals surface area contributed by atoms with Crippen molar-refractivity contribution in [2.24, 2.45) is 5.92 Å². The molecule has 0 aromatic carbocycles. The van der Waals surface area contributed by atoms with Gasteiger partial charge in [-0.25, -0.2) is 8.42 Å². The van der Waals surface area contributed by atoms with E-state index in [1.54, 1.807) is 4.90 Å². The number of nitrogens with one attached hydrogen (secondary N) is 1. The third kappa shape index (κ3) is 4.03. The average Bonchev–Trinajstić information content (AvgIpc) is 2.73. The van der Waals surface area contributed by atoms with Crippen molar-refractivity contribution in [3.63, 3.8) is 0 Å². The van der Waals surface area contributed by atoms with Crippen molar-refractivity contribution in [1.82, 2.24) is 10.2 Å². The molecule has 0 spiro atoms. The van der Waals surface area contributed by atoms with Crippen LogP contribution in [0.1, 0.15) is 32.1 Å². The van der Waals surface area contributed by atoms with E-state index in [0.29, 0.717) is 25.6 Å². The molecule has 3 unspecified atom stereocenters. The lowest BCUT2D eigenvalue weighted by molar-refractivity contribution is -0.142. The van der Waals surface area contributed by atoms with Crippen molar-refractivity contribution in [3.8, 4) is 0 Å². The van der Waals surface area contributed by atoms with Gasteiger partial charge in [0.2, 0.25) is 11.8 Å². The van der Waals surface area contributed by atoms with E-state index in [-0.39, 0.29) is 42.1 Å². The molecule has 0 radical (unpaired) electrons. The van der Waals surface area contributed by atoms with Crippen molar-refractivity contribution >= 4 is 21.7 Å². The molecule has 2 aliphatic heterocycles. The summed E-state index contributed by atoms with van der Waals surface area (Å²) >= 11 is 0. The molecular weight excluding hydrogens is 320 g/mol. The molecule has 23 heavy (non-hydrogen) atoms. The summed E-state index contributed by atoms with van der Waals surface area (Å²) in [6.07, 6.45) is 4.64. The van der Waals surface area contributed by atoms with Crippen LogP contribution in [0.15, 0.2) is 0 Å². The zero-order chi connectivity index (χ0) is 16.6. The number of ether oxygens (including phenoxy) is 1. The summed E-state index contributed by atoms with van der Waals surface area (Å²) in [5.74, 6) is -0.473. The topological polar surface area (TPSA) is 92.8 Å². The van der Waals surface area contributed by atoms with Crippen LogP contribution in [-0.2, 0) is 24.2 Å². The molecule has 3 atom stereocenters. The lowest BCUT2D eigenvalue weighted by Gasteiger charge is -2.33. The number of carbonyl (C=O) groups excluding carboxylic acids is 2. The highest BCUT2D eigenvalue weighted by Gasteiger charge is 2.46. The highest BCUT2D eigenvalue weighted by molar-refractivity contribution is 7.90. The summed E-state index contributed by atoms with van der Waals surface area (Å²) in [7, 11) is -3.15. The Morgan fingerprint density at radius 3 is 2.61 bits per heavy atom. The molecule has 7 nitrogen and oxygen atoms in total. The van der Waals surface area contributed by atoms with E-state index in [4.69, 9.17) is 4.74 Å². The van der Waals surface area contributed by atoms with Gasteiger partial charge < -0.3 is 15.0 Å². The fraction of sp³-hybridized carbons (Fsp3) is 0.867. The van der Waals surface area contributed by atoms with Gasteiger partial charge in [0.15, 0.2) is 0 Å². The molecule has 130 valence electrons.